The fourth-order valence-corrected chi connectivity index (χ4v) is 3.82. The Morgan fingerprint density at radius 1 is 1.23 bits per heavy atom. The van der Waals surface area contributed by atoms with Crippen LogP contribution in [0.3, 0.4) is 0 Å². The summed E-state index contributed by atoms with van der Waals surface area (Å²) in [5.41, 5.74) is 2.26. The van der Waals surface area contributed by atoms with Gasteiger partial charge in [0.1, 0.15) is 5.82 Å². The second-order valence-electron chi connectivity index (χ2n) is 6.76. The third kappa shape index (κ3) is 3.22. The molecule has 0 saturated carbocycles. The Morgan fingerprint density at radius 3 is 2.81 bits per heavy atom. The molecule has 0 radical (unpaired) electrons. The van der Waals surface area contributed by atoms with E-state index in [1.807, 2.05) is 19.2 Å². The maximum Gasteiger partial charge on any atom is 0.343 e. The molecule has 0 bridgehead atoms. The van der Waals surface area contributed by atoms with Crippen molar-refractivity contribution in [3.05, 3.63) is 64.9 Å². The number of piperidine rings is 1. The van der Waals surface area contributed by atoms with Gasteiger partial charge in [0.25, 0.3) is 0 Å². The minimum atomic E-state index is -0.0979. The summed E-state index contributed by atoms with van der Waals surface area (Å²) in [6.07, 6.45) is 7.82. The molecule has 0 amide bonds. The van der Waals surface area contributed by atoms with Crippen molar-refractivity contribution >= 4 is 0 Å². The van der Waals surface area contributed by atoms with Gasteiger partial charge in [0.05, 0.1) is 11.9 Å². The number of hydrogen-bond donors (Lipinski definition) is 1. The highest BCUT2D eigenvalue weighted by Crippen LogP contribution is 2.27. The monoisotopic (exact) mass is 352 g/mol. The number of aromatic amines is 1. The van der Waals surface area contributed by atoms with Crippen molar-refractivity contribution < 1.29 is 0 Å². The average Bonchev–Trinajstić information content (AvgIpc) is 3.29. The maximum atomic E-state index is 11.8. The van der Waals surface area contributed by atoms with Crippen LogP contribution >= 0.6 is 0 Å². The number of nitrogens with zero attached hydrogens (tertiary/aromatic N) is 5. The van der Waals surface area contributed by atoms with Gasteiger partial charge in [-0.05, 0) is 57.1 Å². The molecule has 1 aliphatic heterocycles. The standard InChI is InChI=1S/C19H24N6O/c1-2-24-18(21-22-19(24)26)15-7-11-23(12-8-15)14-17-6-4-10-25(17)16-5-3-9-20-13-16/h3-6,9-10,13,15H,2,7-8,11-12,14H2,1H3,(H,22,26). The van der Waals surface area contributed by atoms with Crippen molar-refractivity contribution in [2.45, 2.75) is 38.8 Å². The van der Waals surface area contributed by atoms with E-state index in [4.69, 9.17) is 0 Å². The molecular weight excluding hydrogens is 328 g/mol. The van der Waals surface area contributed by atoms with E-state index in [0.29, 0.717) is 12.5 Å². The van der Waals surface area contributed by atoms with Gasteiger partial charge >= 0.3 is 5.69 Å². The molecular formula is C19H24N6O. The van der Waals surface area contributed by atoms with Crippen molar-refractivity contribution in [1.82, 2.24) is 29.2 Å². The molecule has 7 nitrogen and oxygen atoms in total. The zero-order chi connectivity index (χ0) is 17.9. The molecule has 0 aromatic carbocycles. The molecule has 3 aromatic heterocycles. The number of aromatic nitrogens is 5. The summed E-state index contributed by atoms with van der Waals surface area (Å²) in [7, 11) is 0. The second kappa shape index (κ2) is 7.29. The van der Waals surface area contributed by atoms with Crippen LogP contribution in [0.2, 0.25) is 0 Å². The lowest BCUT2D eigenvalue weighted by Crippen LogP contribution is -2.34. The largest absolute Gasteiger partial charge is 0.343 e. The Bertz CT molecular complexity index is 902. The van der Waals surface area contributed by atoms with Crippen LogP contribution in [0.25, 0.3) is 5.69 Å². The summed E-state index contributed by atoms with van der Waals surface area (Å²) in [6, 6.07) is 8.28. The molecule has 0 atom stereocenters. The van der Waals surface area contributed by atoms with Crippen molar-refractivity contribution in [2.75, 3.05) is 13.1 Å². The summed E-state index contributed by atoms with van der Waals surface area (Å²) in [5.74, 6) is 1.27. The van der Waals surface area contributed by atoms with Crippen LogP contribution in [0.1, 0.15) is 37.2 Å². The maximum absolute atomic E-state index is 11.8. The molecule has 3 aromatic rings. The van der Waals surface area contributed by atoms with Gasteiger partial charge in [0.15, 0.2) is 0 Å². The van der Waals surface area contributed by atoms with Gasteiger partial charge in [-0.1, -0.05) is 0 Å². The molecule has 0 aliphatic carbocycles. The predicted octanol–water partition coefficient (Wildman–Crippen LogP) is 2.16. The van der Waals surface area contributed by atoms with E-state index < -0.39 is 0 Å². The Balaban J connectivity index is 1.42. The number of H-pyrrole nitrogens is 1. The topological polar surface area (TPSA) is 71.7 Å². The van der Waals surface area contributed by atoms with Crippen molar-refractivity contribution in [1.29, 1.82) is 0 Å². The Labute approximate surface area is 152 Å². The minimum absolute atomic E-state index is 0.0979. The molecule has 1 aliphatic rings. The molecule has 1 fully saturated rings. The summed E-state index contributed by atoms with van der Waals surface area (Å²) >= 11 is 0. The summed E-state index contributed by atoms with van der Waals surface area (Å²) in [4.78, 5) is 18.5. The zero-order valence-electron chi connectivity index (χ0n) is 15.0. The van der Waals surface area contributed by atoms with Crippen LogP contribution in [0.15, 0.2) is 47.7 Å². The van der Waals surface area contributed by atoms with Gasteiger partial charge in [0.2, 0.25) is 0 Å². The van der Waals surface area contributed by atoms with Crippen LogP contribution < -0.4 is 5.69 Å². The number of pyridine rings is 1. The highest BCUT2D eigenvalue weighted by atomic mass is 16.1. The van der Waals surface area contributed by atoms with E-state index in [1.165, 1.54) is 5.69 Å². The van der Waals surface area contributed by atoms with Crippen LogP contribution in [-0.4, -0.2) is 42.3 Å². The van der Waals surface area contributed by atoms with Crippen molar-refractivity contribution in [3.8, 4) is 5.69 Å². The van der Waals surface area contributed by atoms with E-state index in [2.05, 4.69) is 49.0 Å². The molecule has 7 heteroatoms. The fraction of sp³-hybridized carbons (Fsp3) is 0.421. The minimum Gasteiger partial charge on any atom is -0.318 e. The van der Waals surface area contributed by atoms with E-state index in [-0.39, 0.29) is 5.69 Å². The molecule has 1 N–H and O–H groups in total. The van der Waals surface area contributed by atoms with Crippen LogP contribution in [0, 0.1) is 0 Å². The lowest BCUT2D eigenvalue weighted by Gasteiger charge is -2.31. The highest BCUT2D eigenvalue weighted by molar-refractivity contribution is 5.32. The lowest BCUT2D eigenvalue weighted by molar-refractivity contribution is 0.197. The Hall–Kier alpha value is -2.67. The lowest BCUT2D eigenvalue weighted by atomic mass is 9.96. The van der Waals surface area contributed by atoms with E-state index in [0.717, 1.165) is 44.0 Å². The quantitative estimate of drug-likeness (QED) is 0.764. The first-order valence-corrected chi connectivity index (χ1v) is 9.20. The first-order chi connectivity index (χ1) is 12.8. The van der Waals surface area contributed by atoms with Crippen LogP contribution in [0.4, 0.5) is 0 Å². The van der Waals surface area contributed by atoms with Crippen LogP contribution in [0.5, 0.6) is 0 Å². The molecule has 0 unspecified atom stereocenters. The van der Waals surface area contributed by atoms with Gasteiger partial charge in [0, 0.05) is 37.1 Å². The number of nitrogens with one attached hydrogen (secondary N) is 1. The van der Waals surface area contributed by atoms with E-state index >= 15 is 0 Å². The molecule has 26 heavy (non-hydrogen) atoms. The van der Waals surface area contributed by atoms with Crippen molar-refractivity contribution in [3.63, 3.8) is 0 Å². The van der Waals surface area contributed by atoms with Gasteiger partial charge in [-0.25, -0.2) is 9.89 Å². The van der Waals surface area contributed by atoms with Crippen LogP contribution in [-0.2, 0) is 13.1 Å². The number of rotatable bonds is 5. The second-order valence-corrected chi connectivity index (χ2v) is 6.76. The molecule has 4 heterocycles. The normalized spacial score (nSPS) is 16.2. The number of hydrogen-bond acceptors (Lipinski definition) is 4. The Kier molecular flexibility index (Phi) is 4.71. The molecule has 4 rings (SSSR count). The molecule has 1 saturated heterocycles. The smallest absolute Gasteiger partial charge is 0.318 e. The van der Waals surface area contributed by atoms with Gasteiger partial charge in [-0.15, -0.1) is 0 Å². The third-order valence-electron chi connectivity index (χ3n) is 5.20. The average molecular weight is 352 g/mol. The van der Waals surface area contributed by atoms with Crippen molar-refractivity contribution in [2.24, 2.45) is 0 Å². The Morgan fingerprint density at radius 2 is 2.08 bits per heavy atom. The number of likely N-dealkylation sites (tertiary alicyclic amines) is 1. The zero-order valence-corrected chi connectivity index (χ0v) is 15.0. The molecule has 136 valence electrons. The summed E-state index contributed by atoms with van der Waals surface area (Å²) in [6.45, 7) is 5.59. The SMILES string of the molecule is CCn1c(C2CCN(Cc3cccn3-c3cccnc3)CC2)n[nH]c1=O. The first-order valence-electron chi connectivity index (χ1n) is 9.20. The highest BCUT2D eigenvalue weighted by Gasteiger charge is 2.25. The molecule has 0 spiro atoms. The first kappa shape index (κ1) is 16.8. The van der Waals surface area contributed by atoms with E-state index in [9.17, 15) is 4.79 Å². The van der Waals surface area contributed by atoms with Gasteiger partial charge in [-0.2, -0.15) is 5.10 Å². The van der Waals surface area contributed by atoms with E-state index in [1.54, 1.807) is 10.8 Å². The predicted molar refractivity (Wildman–Crippen MR) is 99.3 cm³/mol. The van der Waals surface area contributed by atoms with Gasteiger partial charge < -0.3 is 4.57 Å². The van der Waals surface area contributed by atoms with Gasteiger partial charge in [-0.3, -0.25) is 14.5 Å². The third-order valence-corrected chi connectivity index (χ3v) is 5.20. The fourth-order valence-electron chi connectivity index (χ4n) is 3.82. The summed E-state index contributed by atoms with van der Waals surface area (Å²) < 4.78 is 3.95. The summed E-state index contributed by atoms with van der Waals surface area (Å²) in [5, 5.41) is 6.85.